The molecule has 0 amide bonds. The highest BCUT2D eigenvalue weighted by atomic mass is 32.2. The Bertz CT molecular complexity index is 1200. The molecule has 0 spiro atoms. The summed E-state index contributed by atoms with van der Waals surface area (Å²) in [5.74, 6) is 0.490. The lowest BCUT2D eigenvalue weighted by molar-refractivity contribution is 0.450. The highest BCUT2D eigenvalue weighted by molar-refractivity contribution is 7.89. The number of aryl methyl sites for hydroxylation is 2. The summed E-state index contributed by atoms with van der Waals surface area (Å²) in [5.41, 5.74) is 3.11. The van der Waals surface area contributed by atoms with Gasteiger partial charge >= 0.3 is 0 Å². The molecule has 0 bridgehead atoms. The van der Waals surface area contributed by atoms with Gasteiger partial charge in [-0.2, -0.15) is 4.31 Å². The van der Waals surface area contributed by atoms with Gasteiger partial charge in [-0.15, -0.1) is 0 Å². The first kappa shape index (κ1) is 21.2. The fraction of sp³-hybridized carbons (Fsp3) is 0.364. The maximum atomic E-state index is 13.3. The molecule has 0 aliphatic heterocycles. The van der Waals surface area contributed by atoms with Gasteiger partial charge in [0.2, 0.25) is 10.0 Å². The monoisotopic (exact) mass is 413 g/mol. The van der Waals surface area contributed by atoms with Crippen molar-refractivity contribution in [2.75, 3.05) is 12.8 Å². The van der Waals surface area contributed by atoms with Crippen molar-refractivity contribution < 1.29 is 8.42 Å². The normalized spacial score (nSPS) is 12.0. The zero-order valence-corrected chi connectivity index (χ0v) is 18.2. The lowest BCUT2D eigenvalue weighted by atomic mass is 10.1. The van der Waals surface area contributed by atoms with Crippen LogP contribution >= 0.6 is 0 Å². The van der Waals surface area contributed by atoms with E-state index in [1.165, 1.54) is 4.31 Å². The van der Waals surface area contributed by atoms with Gasteiger partial charge in [0.25, 0.3) is 5.56 Å². The number of nitrogens with zero attached hydrogens (tertiary/aromatic N) is 3. The second-order valence-corrected chi connectivity index (χ2v) is 9.60. The molecule has 1 aromatic heterocycles. The van der Waals surface area contributed by atoms with Crippen LogP contribution in [0.25, 0.3) is 16.6 Å². The maximum absolute atomic E-state index is 13.3. The van der Waals surface area contributed by atoms with E-state index >= 15 is 0 Å². The number of para-hydroxylation sites is 1. The fourth-order valence-corrected chi connectivity index (χ4v) is 4.65. The summed E-state index contributed by atoms with van der Waals surface area (Å²) in [6.07, 6.45) is 1.40. The standard InChI is InChI=1S/C22H27N3O3S/c1-5-6-13-29(27,28)24(4)15-21-23-19-10-8-7-9-18(19)22(26)25(21)20-12-11-16(2)14-17(20)3/h7-12,14H,5-6,13,15H2,1-4H3. The average Bonchev–Trinajstić information content (AvgIpc) is 2.68. The number of hydrogen-bond acceptors (Lipinski definition) is 4. The van der Waals surface area contributed by atoms with E-state index in [4.69, 9.17) is 0 Å². The Hall–Kier alpha value is -2.51. The first-order valence-corrected chi connectivity index (χ1v) is 11.4. The van der Waals surface area contributed by atoms with Gasteiger partial charge in [0, 0.05) is 7.05 Å². The van der Waals surface area contributed by atoms with Crippen LogP contribution in [-0.2, 0) is 16.6 Å². The molecule has 2 aromatic carbocycles. The number of unbranched alkanes of at least 4 members (excludes halogenated alkanes) is 1. The van der Waals surface area contributed by atoms with Crippen molar-refractivity contribution in [3.63, 3.8) is 0 Å². The number of benzene rings is 2. The summed E-state index contributed by atoms with van der Waals surface area (Å²) in [5, 5.41) is 0.507. The van der Waals surface area contributed by atoms with E-state index < -0.39 is 10.0 Å². The Balaban J connectivity index is 2.19. The SMILES string of the molecule is CCCCS(=O)(=O)N(C)Cc1nc2ccccc2c(=O)n1-c1ccc(C)cc1C. The maximum Gasteiger partial charge on any atom is 0.266 e. The van der Waals surface area contributed by atoms with E-state index in [-0.39, 0.29) is 17.9 Å². The van der Waals surface area contributed by atoms with Crippen molar-refractivity contribution >= 4 is 20.9 Å². The molecule has 0 fully saturated rings. The lowest BCUT2D eigenvalue weighted by Gasteiger charge is -2.21. The summed E-state index contributed by atoms with van der Waals surface area (Å²) in [6, 6.07) is 13.0. The van der Waals surface area contributed by atoms with Crippen LogP contribution in [-0.4, -0.2) is 35.1 Å². The smallest absolute Gasteiger partial charge is 0.266 e. The van der Waals surface area contributed by atoms with Crippen molar-refractivity contribution in [3.05, 3.63) is 69.8 Å². The van der Waals surface area contributed by atoms with Crippen LogP contribution in [0.2, 0.25) is 0 Å². The predicted octanol–water partition coefficient (Wildman–Crippen LogP) is 3.56. The summed E-state index contributed by atoms with van der Waals surface area (Å²) in [7, 11) is -1.88. The first-order chi connectivity index (χ1) is 13.7. The van der Waals surface area contributed by atoms with E-state index in [2.05, 4.69) is 4.98 Å². The summed E-state index contributed by atoms with van der Waals surface area (Å²) in [4.78, 5) is 18.0. The Morgan fingerprint density at radius 3 is 2.52 bits per heavy atom. The topological polar surface area (TPSA) is 72.3 Å². The van der Waals surface area contributed by atoms with Gasteiger partial charge in [-0.1, -0.05) is 43.2 Å². The van der Waals surface area contributed by atoms with Gasteiger partial charge in [-0.05, 0) is 44.0 Å². The molecule has 7 heteroatoms. The van der Waals surface area contributed by atoms with Crippen molar-refractivity contribution in [2.24, 2.45) is 0 Å². The van der Waals surface area contributed by atoms with Crippen LogP contribution in [0.1, 0.15) is 36.7 Å². The van der Waals surface area contributed by atoms with Crippen molar-refractivity contribution in [3.8, 4) is 5.69 Å². The molecular weight excluding hydrogens is 386 g/mol. The van der Waals surface area contributed by atoms with E-state index in [0.717, 1.165) is 17.5 Å². The first-order valence-electron chi connectivity index (χ1n) is 9.77. The van der Waals surface area contributed by atoms with E-state index in [9.17, 15) is 13.2 Å². The molecule has 0 aliphatic carbocycles. The Morgan fingerprint density at radius 2 is 1.83 bits per heavy atom. The zero-order valence-electron chi connectivity index (χ0n) is 17.3. The minimum atomic E-state index is -3.42. The average molecular weight is 414 g/mol. The second kappa shape index (κ2) is 8.47. The van der Waals surface area contributed by atoms with Crippen LogP contribution in [0.5, 0.6) is 0 Å². The van der Waals surface area contributed by atoms with Gasteiger partial charge in [0.1, 0.15) is 5.82 Å². The number of fused-ring (bicyclic) bond motifs is 1. The minimum Gasteiger partial charge on any atom is -0.268 e. The number of hydrogen-bond donors (Lipinski definition) is 0. The molecule has 3 aromatic rings. The van der Waals surface area contributed by atoms with Crippen molar-refractivity contribution in [1.82, 2.24) is 13.9 Å². The molecule has 0 saturated heterocycles. The van der Waals surface area contributed by atoms with E-state index in [1.54, 1.807) is 29.8 Å². The molecule has 6 nitrogen and oxygen atoms in total. The van der Waals surface area contributed by atoms with Crippen molar-refractivity contribution in [2.45, 2.75) is 40.2 Å². The Kier molecular flexibility index (Phi) is 6.19. The molecule has 0 atom stereocenters. The van der Waals surface area contributed by atoms with Crippen LogP contribution < -0.4 is 5.56 Å². The van der Waals surface area contributed by atoms with Gasteiger partial charge < -0.3 is 0 Å². The molecule has 0 unspecified atom stereocenters. The van der Waals surface area contributed by atoms with Crippen LogP contribution in [0.15, 0.2) is 47.3 Å². The second-order valence-electron chi connectivity index (χ2n) is 7.40. The highest BCUT2D eigenvalue weighted by Crippen LogP contribution is 2.19. The third kappa shape index (κ3) is 4.41. The highest BCUT2D eigenvalue weighted by Gasteiger charge is 2.22. The van der Waals surface area contributed by atoms with Crippen LogP contribution in [0.4, 0.5) is 0 Å². The van der Waals surface area contributed by atoms with E-state index in [1.807, 2.05) is 45.0 Å². The van der Waals surface area contributed by atoms with Gasteiger partial charge in [-0.25, -0.2) is 13.4 Å². The van der Waals surface area contributed by atoms with Gasteiger partial charge in [0.15, 0.2) is 0 Å². The summed E-state index contributed by atoms with van der Waals surface area (Å²) >= 11 is 0. The molecule has 3 rings (SSSR count). The van der Waals surface area contributed by atoms with Crippen LogP contribution in [0.3, 0.4) is 0 Å². The number of aromatic nitrogens is 2. The molecular formula is C22H27N3O3S. The Morgan fingerprint density at radius 1 is 1.10 bits per heavy atom. The lowest BCUT2D eigenvalue weighted by Crippen LogP contribution is -2.33. The molecule has 0 saturated carbocycles. The number of sulfonamides is 1. The van der Waals surface area contributed by atoms with Crippen molar-refractivity contribution in [1.29, 1.82) is 0 Å². The minimum absolute atomic E-state index is 0.0272. The molecule has 154 valence electrons. The molecule has 29 heavy (non-hydrogen) atoms. The van der Waals surface area contributed by atoms with Gasteiger partial charge in [0.05, 0.1) is 28.9 Å². The largest absolute Gasteiger partial charge is 0.268 e. The Labute approximate surface area is 171 Å². The van der Waals surface area contributed by atoms with E-state index in [0.29, 0.717) is 28.8 Å². The third-order valence-electron chi connectivity index (χ3n) is 5.03. The summed E-state index contributed by atoms with van der Waals surface area (Å²) < 4.78 is 28.1. The van der Waals surface area contributed by atoms with Crippen LogP contribution in [0, 0.1) is 13.8 Å². The molecule has 0 radical (unpaired) electrons. The fourth-order valence-electron chi connectivity index (χ4n) is 3.37. The predicted molar refractivity (Wildman–Crippen MR) is 117 cm³/mol. The molecule has 1 heterocycles. The quantitative estimate of drug-likeness (QED) is 0.594. The third-order valence-corrected chi connectivity index (χ3v) is 6.92. The molecule has 0 aliphatic rings. The zero-order chi connectivity index (χ0) is 21.2. The number of rotatable bonds is 7. The molecule has 0 N–H and O–H groups in total. The summed E-state index contributed by atoms with van der Waals surface area (Å²) in [6.45, 7) is 5.92. The van der Waals surface area contributed by atoms with Gasteiger partial charge in [-0.3, -0.25) is 9.36 Å².